The fourth-order valence-electron chi connectivity index (χ4n) is 3.12. The van der Waals surface area contributed by atoms with Gasteiger partial charge in [0.15, 0.2) is 5.96 Å². The van der Waals surface area contributed by atoms with Crippen molar-refractivity contribution in [1.29, 1.82) is 0 Å². The van der Waals surface area contributed by atoms with Crippen molar-refractivity contribution in [1.82, 2.24) is 10.2 Å². The van der Waals surface area contributed by atoms with Gasteiger partial charge < -0.3 is 15.3 Å². The monoisotopic (exact) mass is 417 g/mol. The minimum absolute atomic E-state index is 0. The standard InChI is InChI=1S/C17H27N3O.HI/c1-3-18-17(19-10-12-21)20-11-9-16(14(2)13-20)15-7-5-4-6-8-15;/h4-8,14,16,21H,3,9-13H2,1-2H3,(H,18,19);1H. The molecule has 124 valence electrons. The van der Waals surface area contributed by atoms with Crippen molar-refractivity contribution in [2.24, 2.45) is 10.9 Å². The lowest BCUT2D eigenvalue weighted by Crippen LogP contribution is -2.48. The summed E-state index contributed by atoms with van der Waals surface area (Å²) in [6.45, 7) is 7.85. The molecule has 0 aromatic heterocycles. The van der Waals surface area contributed by atoms with Gasteiger partial charge in [-0.1, -0.05) is 37.3 Å². The van der Waals surface area contributed by atoms with Crippen LogP contribution in [-0.4, -0.2) is 48.8 Å². The summed E-state index contributed by atoms with van der Waals surface area (Å²) in [5.41, 5.74) is 1.45. The molecule has 1 aliphatic heterocycles. The van der Waals surface area contributed by atoms with Gasteiger partial charge in [0.2, 0.25) is 0 Å². The Morgan fingerprint density at radius 1 is 1.36 bits per heavy atom. The SMILES string of the molecule is CCNC(=NCCO)N1CCC(c2ccccc2)C(C)C1.I. The number of piperidine rings is 1. The van der Waals surface area contributed by atoms with Gasteiger partial charge in [-0.15, -0.1) is 24.0 Å². The van der Waals surface area contributed by atoms with E-state index in [4.69, 9.17) is 5.11 Å². The van der Waals surface area contributed by atoms with Crippen molar-refractivity contribution in [3.8, 4) is 0 Å². The zero-order chi connectivity index (χ0) is 15.1. The highest BCUT2D eigenvalue weighted by molar-refractivity contribution is 14.0. The predicted octanol–water partition coefficient (Wildman–Crippen LogP) is 2.69. The number of benzene rings is 1. The Hall–Kier alpha value is -0.820. The molecule has 0 saturated carbocycles. The molecule has 22 heavy (non-hydrogen) atoms. The van der Waals surface area contributed by atoms with Crippen molar-refractivity contribution in [3.05, 3.63) is 35.9 Å². The van der Waals surface area contributed by atoms with Crippen LogP contribution < -0.4 is 5.32 Å². The van der Waals surface area contributed by atoms with E-state index in [9.17, 15) is 0 Å². The zero-order valence-electron chi connectivity index (χ0n) is 13.5. The van der Waals surface area contributed by atoms with Gasteiger partial charge in [-0.2, -0.15) is 0 Å². The first-order valence-electron chi connectivity index (χ1n) is 7.95. The first kappa shape index (κ1) is 19.2. The fourth-order valence-corrected chi connectivity index (χ4v) is 3.12. The van der Waals surface area contributed by atoms with E-state index in [1.165, 1.54) is 5.56 Å². The van der Waals surface area contributed by atoms with Gasteiger partial charge in [-0.05, 0) is 30.7 Å². The first-order chi connectivity index (χ1) is 10.3. The lowest BCUT2D eigenvalue weighted by molar-refractivity contribution is 0.233. The van der Waals surface area contributed by atoms with Gasteiger partial charge >= 0.3 is 0 Å². The molecule has 0 spiro atoms. The Morgan fingerprint density at radius 2 is 2.09 bits per heavy atom. The van der Waals surface area contributed by atoms with E-state index in [0.717, 1.165) is 32.0 Å². The third-order valence-corrected chi connectivity index (χ3v) is 4.13. The summed E-state index contributed by atoms with van der Waals surface area (Å²) in [6.07, 6.45) is 1.15. The van der Waals surface area contributed by atoms with E-state index in [2.05, 4.69) is 59.4 Å². The van der Waals surface area contributed by atoms with Crippen molar-refractivity contribution < 1.29 is 5.11 Å². The molecule has 1 aliphatic rings. The average Bonchev–Trinajstić information content (AvgIpc) is 2.52. The molecule has 0 radical (unpaired) electrons. The molecule has 1 aromatic carbocycles. The maximum atomic E-state index is 8.97. The molecular formula is C17H28IN3O. The van der Waals surface area contributed by atoms with Crippen LogP contribution in [0, 0.1) is 5.92 Å². The molecule has 5 heteroatoms. The second-order valence-electron chi connectivity index (χ2n) is 5.69. The molecule has 2 unspecified atom stereocenters. The van der Waals surface area contributed by atoms with Crippen LogP contribution in [0.4, 0.5) is 0 Å². The molecule has 1 heterocycles. The number of guanidine groups is 1. The highest BCUT2D eigenvalue weighted by Crippen LogP contribution is 2.32. The summed E-state index contributed by atoms with van der Waals surface area (Å²) < 4.78 is 0. The summed E-state index contributed by atoms with van der Waals surface area (Å²) >= 11 is 0. The Balaban J connectivity index is 0.00000242. The molecule has 1 fully saturated rings. The first-order valence-corrected chi connectivity index (χ1v) is 7.95. The van der Waals surface area contributed by atoms with Gasteiger partial charge in [-0.25, -0.2) is 0 Å². The van der Waals surface area contributed by atoms with Gasteiger partial charge in [0.25, 0.3) is 0 Å². The Kier molecular flexibility index (Phi) is 8.78. The zero-order valence-corrected chi connectivity index (χ0v) is 15.9. The Bertz CT molecular complexity index is 452. The van der Waals surface area contributed by atoms with E-state index >= 15 is 0 Å². The molecule has 1 saturated heterocycles. The number of aliphatic hydroxyl groups excluding tert-OH is 1. The highest BCUT2D eigenvalue weighted by Gasteiger charge is 2.28. The second kappa shape index (κ2) is 10.0. The van der Waals surface area contributed by atoms with Crippen LogP contribution in [-0.2, 0) is 0 Å². The molecule has 2 N–H and O–H groups in total. The molecule has 2 rings (SSSR count). The number of aliphatic imine (C=N–C) groups is 1. The maximum absolute atomic E-state index is 8.97. The van der Waals surface area contributed by atoms with Crippen LogP contribution in [0.3, 0.4) is 0 Å². The molecule has 0 amide bonds. The minimum Gasteiger partial charge on any atom is -0.394 e. The lowest BCUT2D eigenvalue weighted by atomic mass is 9.82. The van der Waals surface area contributed by atoms with E-state index in [1.807, 2.05) is 0 Å². The predicted molar refractivity (Wildman–Crippen MR) is 103 cm³/mol. The van der Waals surface area contributed by atoms with E-state index < -0.39 is 0 Å². The summed E-state index contributed by atoms with van der Waals surface area (Å²) in [6, 6.07) is 10.8. The van der Waals surface area contributed by atoms with Gasteiger partial charge in [0.05, 0.1) is 13.2 Å². The van der Waals surface area contributed by atoms with Crippen molar-refractivity contribution >= 4 is 29.9 Å². The summed E-state index contributed by atoms with van der Waals surface area (Å²) in [7, 11) is 0. The molecule has 4 nitrogen and oxygen atoms in total. The Labute approximate surface area is 151 Å². The molecule has 0 aliphatic carbocycles. The number of hydrogen-bond donors (Lipinski definition) is 2. The van der Waals surface area contributed by atoms with Crippen LogP contribution in [0.25, 0.3) is 0 Å². The van der Waals surface area contributed by atoms with Crippen molar-refractivity contribution in [2.75, 3.05) is 32.8 Å². The normalized spacial score (nSPS) is 22.1. The number of likely N-dealkylation sites (tertiary alicyclic amines) is 1. The van der Waals surface area contributed by atoms with E-state index in [-0.39, 0.29) is 30.6 Å². The maximum Gasteiger partial charge on any atom is 0.194 e. The molecular weight excluding hydrogens is 389 g/mol. The minimum atomic E-state index is 0. The van der Waals surface area contributed by atoms with Crippen LogP contribution in [0.5, 0.6) is 0 Å². The van der Waals surface area contributed by atoms with Gasteiger partial charge in [0, 0.05) is 19.6 Å². The molecule has 0 bridgehead atoms. The quantitative estimate of drug-likeness (QED) is 0.450. The highest BCUT2D eigenvalue weighted by atomic mass is 127. The average molecular weight is 417 g/mol. The number of rotatable bonds is 4. The summed E-state index contributed by atoms with van der Waals surface area (Å²) in [4.78, 5) is 6.79. The molecule has 1 aromatic rings. The smallest absolute Gasteiger partial charge is 0.194 e. The van der Waals surface area contributed by atoms with Crippen LogP contribution in [0.15, 0.2) is 35.3 Å². The molecule has 2 atom stereocenters. The van der Waals surface area contributed by atoms with Crippen LogP contribution >= 0.6 is 24.0 Å². The third-order valence-electron chi connectivity index (χ3n) is 4.13. The van der Waals surface area contributed by atoms with Gasteiger partial charge in [0.1, 0.15) is 0 Å². The number of aliphatic hydroxyl groups is 1. The fraction of sp³-hybridized carbons (Fsp3) is 0.588. The van der Waals surface area contributed by atoms with Crippen LogP contribution in [0.1, 0.15) is 31.7 Å². The van der Waals surface area contributed by atoms with Crippen molar-refractivity contribution in [2.45, 2.75) is 26.2 Å². The lowest BCUT2D eigenvalue weighted by Gasteiger charge is -2.39. The largest absolute Gasteiger partial charge is 0.394 e. The number of nitrogens with zero attached hydrogens (tertiary/aromatic N) is 2. The van der Waals surface area contributed by atoms with Crippen LogP contribution in [0.2, 0.25) is 0 Å². The number of nitrogens with one attached hydrogen (secondary N) is 1. The second-order valence-corrected chi connectivity index (χ2v) is 5.69. The third kappa shape index (κ3) is 5.12. The van der Waals surface area contributed by atoms with Crippen molar-refractivity contribution in [3.63, 3.8) is 0 Å². The Morgan fingerprint density at radius 3 is 2.68 bits per heavy atom. The summed E-state index contributed by atoms with van der Waals surface area (Å²) in [5.74, 6) is 2.16. The topological polar surface area (TPSA) is 47.9 Å². The van der Waals surface area contributed by atoms with Gasteiger partial charge in [-0.3, -0.25) is 4.99 Å². The van der Waals surface area contributed by atoms with E-state index in [1.54, 1.807) is 0 Å². The number of hydrogen-bond acceptors (Lipinski definition) is 2. The summed E-state index contributed by atoms with van der Waals surface area (Å²) in [5, 5.41) is 12.3. The number of halogens is 1. The van der Waals surface area contributed by atoms with E-state index in [0.29, 0.717) is 18.4 Å².